The third-order valence-electron chi connectivity index (χ3n) is 4.07. The summed E-state index contributed by atoms with van der Waals surface area (Å²) in [6.45, 7) is 1.29. The fourth-order valence-corrected chi connectivity index (χ4v) is 2.65. The van der Waals surface area contributed by atoms with Crippen molar-refractivity contribution in [2.75, 3.05) is 20.1 Å². The number of nitrogens with one attached hydrogen (secondary N) is 1. The average molecular weight is 337 g/mol. The maximum atomic E-state index is 11.9. The Balaban J connectivity index is 1.66. The molecule has 1 aromatic carbocycles. The molecular weight excluding hydrogens is 314 g/mol. The summed E-state index contributed by atoms with van der Waals surface area (Å²) in [6, 6.07) is 6.22. The number of nitro benzene ring substituents is 1. The van der Waals surface area contributed by atoms with Crippen LogP contribution in [0.15, 0.2) is 24.3 Å². The van der Waals surface area contributed by atoms with Crippen LogP contribution in [0.2, 0.25) is 0 Å². The molecule has 132 valence electrons. The molecule has 1 aliphatic rings. The lowest BCUT2D eigenvalue weighted by Crippen LogP contribution is -2.30. The predicted molar refractivity (Wildman–Crippen MR) is 87.6 cm³/mol. The van der Waals surface area contributed by atoms with Gasteiger partial charge in [0.05, 0.1) is 11.0 Å². The Morgan fingerprint density at radius 1 is 1.46 bits per heavy atom. The van der Waals surface area contributed by atoms with Crippen molar-refractivity contribution >= 4 is 11.8 Å². The molecular formula is C16H23N3O5. The molecule has 0 unspecified atom stereocenters. The van der Waals surface area contributed by atoms with Crippen LogP contribution in [-0.4, -0.2) is 53.3 Å². The number of rotatable bonds is 7. The van der Waals surface area contributed by atoms with Crippen LogP contribution in [0, 0.1) is 10.1 Å². The molecule has 0 bridgehead atoms. The van der Waals surface area contributed by atoms with Gasteiger partial charge in [-0.05, 0) is 37.0 Å². The van der Waals surface area contributed by atoms with E-state index in [9.17, 15) is 20.0 Å². The number of nitro groups is 1. The Hall–Kier alpha value is -2.19. The number of amides is 1. The maximum Gasteiger partial charge on any atom is 0.409 e. The lowest BCUT2D eigenvalue weighted by atomic mass is 10.1. The molecule has 0 spiro atoms. The van der Waals surface area contributed by atoms with Crippen molar-refractivity contribution in [3.63, 3.8) is 0 Å². The largest absolute Gasteiger partial charge is 0.445 e. The van der Waals surface area contributed by atoms with Gasteiger partial charge in [0.15, 0.2) is 0 Å². The first-order chi connectivity index (χ1) is 11.5. The van der Waals surface area contributed by atoms with E-state index in [1.165, 1.54) is 17.0 Å². The van der Waals surface area contributed by atoms with Crippen molar-refractivity contribution in [1.29, 1.82) is 0 Å². The summed E-state index contributed by atoms with van der Waals surface area (Å²) in [7, 11) is 1.68. The topological polar surface area (TPSA) is 105 Å². The normalized spacial score (nSPS) is 19.9. The van der Waals surface area contributed by atoms with Gasteiger partial charge in [0, 0.05) is 38.3 Å². The zero-order chi connectivity index (χ0) is 17.5. The van der Waals surface area contributed by atoms with E-state index in [0.717, 1.165) is 19.3 Å². The lowest BCUT2D eigenvalue weighted by Gasteiger charge is -2.18. The van der Waals surface area contributed by atoms with Gasteiger partial charge in [0.25, 0.3) is 5.69 Å². The molecule has 8 heteroatoms. The maximum absolute atomic E-state index is 11.9. The molecule has 2 N–H and O–H groups in total. The highest BCUT2D eigenvalue weighted by molar-refractivity contribution is 5.67. The third kappa shape index (κ3) is 5.47. The molecule has 0 saturated carbocycles. The van der Waals surface area contributed by atoms with Crippen LogP contribution in [0.4, 0.5) is 10.5 Å². The van der Waals surface area contributed by atoms with E-state index in [-0.39, 0.29) is 18.4 Å². The van der Waals surface area contributed by atoms with Crippen LogP contribution in [0.3, 0.4) is 0 Å². The smallest absolute Gasteiger partial charge is 0.409 e. The molecule has 2 rings (SSSR count). The number of carbonyl (C=O) groups is 1. The van der Waals surface area contributed by atoms with Crippen molar-refractivity contribution < 1.29 is 19.6 Å². The van der Waals surface area contributed by atoms with Crippen molar-refractivity contribution in [2.45, 2.75) is 38.0 Å². The number of aliphatic hydroxyl groups is 1. The molecule has 1 aliphatic heterocycles. The summed E-state index contributed by atoms with van der Waals surface area (Å²) >= 11 is 0. The van der Waals surface area contributed by atoms with E-state index in [1.54, 1.807) is 19.2 Å². The minimum atomic E-state index is -0.470. The summed E-state index contributed by atoms with van der Waals surface area (Å²) < 4.78 is 5.19. The average Bonchev–Trinajstić information content (AvgIpc) is 2.98. The Labute approximate surface area is 140 Å². The van der Waals surface area contributed by atoms with Crippen molar-refractivity contribution in [2.24, 2.45) is 0 Å². The van der Waals surface area contributed by atoms with E-state index in [1.807, 2.05) is 0 Å². The van der Waals surface area contributed by atoms with Crippen LogP contribution >= 0.6 is 0 Å². The van der Waals surface area contributed by atoms with Gasteiger partial charge in [0.2, 0.25) is 0 Å². The van der Waals surface area contributed by atoms with Gasteiger partial charge in [-0.25, -0.2) is 4.79 Å². The molecule has 0 aliphatic carbocycles. The molecule has 2 atom stereocenters. The van der Waals surface area contributed by atoms with Gasteiger partial charge in [-0.1, -0.05) is 0 Å². The monoisotopic (exact) mass is 337 g/mol. The molecule has 1 fully saturated rings. The summed E-state index contributed by atoms with van der Waals surface area (Å²) in [5.41, 5.74) is 0.708. The quantitative estimate of drug-likeness (QED) is 0.579. The molecule has 8 nitrogen and oxygen atoms in total. The van der Waals surface area contributed by atoms with E-state index in [4.69, 9.17) is 4.74 Å². The molecule has 1 amide bonds. The number of ether oxygens (including phenoxy) is 1. The van der Waals surface area contributed by atoms with Gasteiger partial charge in [-0.3, -0.25) is 10.1 Å². The highest BCUT2D eigenvalue weighted by atomic mass is 16.6. The molecule has 1 heterocycles. The molecule has 1 saturated heterocycles. The van der Waals surface area contributed by atoms with Gasteiger partial charge in [0.1, 0.15) is 6.61 Å². The number of β-amino-alcohol motifs (C(OH)–C–C–N with tert-alkyl or cyclic N) is 1. The number of hydrogen-bond acceptors (Lipinski definition) is 6. The zero-order valence-corrected chi connectivity index (χ0v) is 13.7. The van der Waals surface area contributed by atoms with Crippen LogP contribution in [0.1, 0.15) is 24.8 Å². The van der Waals surface area contributed by atoms with E-state index >= 15 is 0 Å². The second-order valence-corrected chi connectivity index (χ2v) is 6.04. The minimum absolute atomic E-state index is 0.00725. The van der Waals surface area contributed by atoms with Crippen LogP contribution in [-0.2, 0) is 11.3 Å². The third-order valence-corrected chi connectivity index (χ3v) is 4.07. The number of benzene rings is 1. The number of nitrogens with zero attached hydrogens (tertiary/aromatic N) is 2. The minimum Gasteiger partial charge on any atom is -0.445 e. The summed E-state index contributed by atoms with van der Waals surface area (Å²) in [5.74, 6) is 0. The Kier molecular flexibility index (Phi) is 6.51. The second kappa shape index (κ2) is 8.60. The van der Waals surface area contributed by atoms with Gasteiger partial charge in [-0.15, -0.1) is 0 Å². The van der Waals surface area contributed by atoms with Gasteiger partial charge in [-0.2, -0.15) is 0 Å². The van der Waals surface area contributed by atoms with Crippen molar-refractivity contribution in [1.82, 2.24) is 10.2 Å². The first kappa shape index (κ1) is 18.2. The molecule has 24 heavy (non-hydrogen) atoms. The van der Waals surface area contributed by atoms with Crippen molar-refractivity contribution in [3.8, 4) is 0 Å². The predicted octanol–water partition coefficient (Wildman–Crippen LogP) is 1.67. The van der Waals surface area contributed by atoms with Crippen LogP contribution in [0.5, 0.6) is 0 Å². The number of hydrogen-bond donors (Lipinski definition) is 2. The van der Waals surface area contributed by atoms with Crippen molar-refractivity contribution in [3.05, 3.63) is 39.9 Å². The Morgan fingerprint density at radius 2 is 2.17 bits per heavy atom. The fourth-order valence-electron chi connectivity index (χ4n) is 2.65. The standard InChI is InChI=1S/C16H23N3O5/c1-18(8-2-3-13-9-15(20)10-17-13)16(21)24-11-12-4-6-14(7-5-12)19(22)23/h4-7,13,15,17,20H,2-3,8-11H2,1H3/t13-,15-/m1/s1. The first-order valence-corrected chi connectivity index (χ1v) is 7.98. The highest BCUT2D eigenvalue weighted by Gasteiger charge is 2.21. The molecule has 0 aromatic heterocycles. The number of carbonyl (C=O) groups excluding carboxylic acids is 1. The summed E-state index contributed by atoms with van der Waals surface area (Å²) in [4.78, 5) is 23.5. The highest BCUT2D eigenvalue weighted by Crippen LogP contribution is 2.14. The summed E-state index contributed by atoms with van der Waals surface area (Å²) in [5, 5.41) is 23.2. The van der Waals surface area contributed by atoms with E-state index in [0.29, 0.717) is 24.7 Å². The lowest BCUT2D eigenvalue weighted by molar-refractivity contribution is -0.384. The summed E-state index contributed by atoms with van der Waals surface area (Å²) in [6.07, 6.45) is 1.80. The second-order valence-electron chi connectivity index (χ2n) is 6.04. The number of non-ortho nitro benzene ring substituents is 1. The van der Waals surface area contributed by atoms with Gasteiger partial charge < -0.3 is 20.1 Å². The Morgan fingerprint density at radius 3 is 2.75 bits per heavy atom. The Bertz CT molecular complexity index is 563. The first-order valence-electron chi connectivity index (χ1n) is 7.98. The SMILES string of the molecule is CN(CCC[C@@H]1C[C@@H](O)CN1)C(=O)OCc1ccc([N+](=O)[O-])cc1. The van der Waals surface area contributed by atoms with E-state index < -0.39 is 11.0 Å². The fraction of sp³-hybridized carbons (Fsp3) is 0.562. The van der Waals surface area contributed by atoms with Crippen LogP contribution in [0.25, 0.3) is 0 Å². The van der Waals surface area contributed by atoms with Gasteiger partial charge >= 0.3 is 6.09 Å². The molecule has 0 radical (unpaired) electrons. The van der Waals surface area contributed by atoms with Crippen LogP contribution < -0.4 is 5.32 Å². The van der Waals surface area contributed by atoms with E-state index in [2.05, 4.69) is 5.32 Å². The number of aliphatic hydroxyl groups excluding tert-OH is 1. The zero-order valence-electron chi connectivity index (χ0n) is 13.7. The molecule has 1 aromatic rings.